The summed E-state index contributed by atoms with van der Waals surface area (Å²) in [6.07, 6.45) is -14.9. The lowest BCUT2D eigenvalue weighted by Crippen LogP contribution is -2.24. The second-order valence-electron chi connectivity index (χ2n) is 3.35. The molecular formula is C6H9F6O3P. The van der Waals surface area contributed by atoms with Crippen LogP contribution in [0.3, 0.4) is 0 Å². The standard InChI is InChI=1S/C6H9F6O3P/c7-5(8,9)1-4(2-6(10,11)12)3-16(13,14)15/h4H,1-3H2,(H2,13,14,15). The van der Waals surface area contributed by atoms with Gasteiger partial charge in [-0.3, -0.25) is 4.57 Å². The van der Waals surface area contributed by atoms with Gasteiger partial charge in [-0.2, -0.15) is 26.3 Å². The smallest absolute Gasteiger partial charge is 0.324 e. The molecule has 0 atom stereocenters. The van der Waals surface area contributed by atoms with Crippen LogP contribution in [0.1, 0.15) is 12.8 Å². The highest BCUT2D eigenvalue weighted by molar-refractivity contribution is 7.51. The largest absolute Gasteiger partial charge is 0.389 e. The molecule has 0 unspecified atom stereocenters. The third-order valence-corrected chi connectivity index (χ3v) is 2.53. The topological polar surface area (TPSA) is 57.5 Å². The van der Waals surface area contributed by atoms with Crippen molar-refractivity contribution in [1.82, 2.24) is 0 Å². The van der Waals surface area contributed by atoms with Crippen molar-refractivity contribution in [2.75, 3.05) is 6.16 Å². The molecule has 0 saturated carbocycles. The van der Waals surface area contributed by atoms with Crippen molar-refractivity contribution in [2.24, 2.45) is 5.92 Å². The quantitative estimate of drug-likeness (QED) is 0.612. The fourth-order valence-electron chi connectivity index (χ4n) is 1.19. The summed E-state index contributed by atoms with van der Waals surface area (Å²) in [6, 6.07) is 0. The summed E-state index contributed by atoms with van der Waals surface area (Å²) in [5, 5.41) is 0. The summed E-state index contributed by atoms with van der Waals surface area (Å²) in [5.41, 5.74) is 0. The highest BCUT2D eigenvalue weighted by atomic mass is 31.2. The van der Waals surface area contributed by atoms with Crippen LogP contribution in [0.2, 0.25) is 0 Å². The first-order valence-electron chi connectivity index (χ1n) is 3.96. The first-order chi connectivity index (χ1) is 6.79. The summed E-state index contributed by atoms with van der Waals surface area (Å²) in [5.74, 6) is -2.15. The van der Waals surface area contributed by atoms with Crippen LogP contribution in [0.5, 0.6) is 0 Å². The molecule has 0 amide bonds. The third kappa shape index (κ3) is 10.3. The molecule has 0 aliphatic carbocycles. The Labute approximate surface area is 86.6 Å². The third-order valence-electron chi connectivity index (χ3n) is 1.54. The summed E-state index contributed by atoms with van der Waals surface area (Å²) < 4.78 is 81.4. The van der Waals surface area contributed by atoms with Crippen LogP contribution in [0.15, 0.2) is 0 Å². The Balaban J connectivity index is 4.59. The van der Waals surface area contributed by atoms with Crippen LogP contribution in [0, 0.1) is 5.92 Å². The average Bonchev–Trinajstić information content (AvgIpc) is 1.70. The zero-order valence-electron chi connectivity index (χ0n) is 7.72. The van der Waals surface area contributed by atoms with Crippen molar-refractivity contribution in [3.63, 3.8) is 0 Å². The molecule has 0 aliphatic heterocycles. The number of halogens is 6. The Hall–Kier alpha value is -0.270. The molecule has 0 saturated heterocycles. The van der Waals surface area contributed by atoms with Crippen molar-refractivity contribution >= 4 is 7.60 Å². The molecule has 0 heterocycles. The van der Waals surface area contributed by atoms with Gasteiger partial charge in [-0.1, -0.05) is 0 Å². The lowest BCUT2D eigenvalue weighted by atomic mass is 10.0. The van der Waals surface area contributed by atoms with Crippen molar-refractivity contribution in [1.29, 1.82) is 0 Å². The Bertz CT molecular complexity index is 250. The van der Waals surface area contributed by atoms with Gasteiger partial charge in [0.15, 0.2) is 0 Å². The van der Waals surface area contributed by atoms with Gasteiger partial charge < -0.3 is 9.79 Å². The molecule has 0 aromatic carbocycles. The van der Waals surface area contributed by atoms with Crippen LogP contribution in [0.4, 0.5) is 26.3 Å². The molecule has 0 spiro atoms. The molecule has 2 N–H and O–H groups in total. The van der Waals surface area contributed by atoms with Gasteiger partial charge in [-0.25, -0.2) is 0 Å². The predicted octanol–water partition coefficient (Wildman–Crippen LogP) is 2.69. The monoisotopic (exact) mass is 274 g/mol. The summed E-state index contributed by atoms with van der Waals surface area (Å²) in [6.45, 7) is 0. The fourth-order valence-corrected chi connectivity index (χ4v) is 2.12. The number of alkyl halides is 6. The van der Waals surface area contributed by atoms with Gasteiger partial charge in [-0.15, -0.1) is 0 Å². The van der Waals surface area contributed by atoms with Gasteiger partial charge in [0, 0.05) is 12.8 Å². The summed E-state index contributed by atoms with van der Waals surface area (Å²) >= 11 is 0. The molecule has 10 heteroatoms. The normalized spacial score (nSPS) is 14.6. The average molecular weight is 274 g/mol. The molecule has 0 aromatic rings. The minimum atomic E-state index is -4.89. The highest BCUT2D eigenvalue weighted by Crippen LogP contribution is 2.43. The van der Waals surface area contributed by atoms with Gasteiger partial charge in [0.05, 0.1) is 6.16 Å². The zero-order chi connectivity index (χ0) is 13.2. The molecule has 0 bridgehead atoms. The minimum absolute atomic E-state index is 1.42. The first-order valence-corrected chi connectivity index (χ1v) is 5.76. The van der Waals surface area contributed by atoms with Crippen LogP contribution in [-0.2, 0) is 4.57 Å². The molecule has 0 aromatic heterocycles. The Kier molecular flexibility index (Phi) is 4.85. The Morgan fingerprint density at radius 1 is 0.938 bits per heavy atom. The molecule has 98 valence electrons. The number of hydrogen-bond donors (Lipinski definition) is 2. The van der Waals surface area contributed by atoms with E-state index >= 15 is 0 Å². The Morgan fingerprint density at radius 2 is 1.25 bits per heavy atom. The molecule has 0 radical (unpaired) electrons. The Morgan fingerprint density at radius 3 is 1.44 bits per heavy atom. The predicted molar refractivity (Wildman–Crippen MR) is 41.7 cm³/mol. The maximum absolute atomic E-state index is 11.8. The van der Waals surface area contributed by atoms with Crippen LogP contribution < -0.4 is 0 Å². The second-order valence-corrected chi connectivity index (χ2v) is 5.05. The minimum Gasteiger partial charge on any atom is -0.324 e. The van der Waals surface area contributed by atoms with Crippen LogP contribution in [-0.4, -0.2) is 28.3 Å². The molecule has 0 aliphatic rings. The van der Waals surface area contributed by atoms with E-state index in [1.165, 1.54) is 0 Å². The zero-order valence-corrected chi connectivity index (χ0v) is 8.61. The lowest BCUT2D eigenvalue weighted by molar-refractivity contribution is -0.170. The first kappa shape index (κ1) is 15.7. The highest BCUT2D eigenvalue weighted by Gasteiger charge is 2.41. The van der Waals surface area contributed by atoms with E-state index in [0.717, 1.165) is 0 Å². The van der Waals surface area contributed by atoms with Crippen molar-refractivity contribution in [3.05, 3.63) is 0 Å². The molecule has 16 heavy (non-hydrogen) atoms. The van der Waals surface area contributed by atoms with Crippen molar-refractivity contribution in [3.8, 4) is 0 Å². The van der Waals surface area contributed by atoms with Gasteiger partial charge in [0.2, 0.25) is 0 Å². The van der Waals surface area contributed by atoms with E-state index < -0.39 is 44.9 Å². The maximum Gasteiger partial charge on any atom is 0.389 e. The molecule has 0 fully saturated rings. The van der Waals surface area contributed by atoms with E-state index in [1.54, 1.807) is 0 Å². The fraction of sp³-hybridized carbons (Fsp3) is 1.00. The van der Waals surface area contributed by atoms with Crippen molar-refractivity contribution in [2.45, 2.75) is 25.2 Å². The van der Waals surface area contributed by atoms with E-state index in [-0.39, 0.29) is 0 Å². The van der Waals surface area contributed by atoms with Crippen molar-refractivity contribution < 1.29 is 40.7 Å². The summed E-state index contributed by atoms with van der Waals surface area (Å²) in [4.78, 5) is 16.7. The van der Waals surface area contributed by atoms with E-state index in [2.05, 4.69) is 0 Å². The lowest BCUT2D eigenvalue weighted by Gasteiger charge is -2.20. The number of rotatable bonds is 4. The van der Waals surface area contributed by atoms with E-state index in [1.807, 2.05) is 0 Å². The number of hydrogen-bond acceptors (Lipinski definition) is 1. The van der Waals surface area contributed by atoms with E-state index in [0.29, 0.717) is 0 Å². The van der Waals surface area contributed by atoms with Gasteiger partial charge in [-0.05, 0) is 5.92 Å². The van der Waals surface area contributed by atoms with E-state index in [9.17, 15) is 30.9 Å². The van der Waals surface area contributed by atoms with Crippen LogP contribution >= 0.6 is 7.60 Å². The summed E-state index contributed by atoms with van der Waals surface area (Å²) in [7, 11) is -4.89. The molecular weight excluding hydrogens is 265 g/mol. The molecule has 3 nitrogen and oxygen atoms in total. The maximum atomic E-state index is 11.8. The van der Waals surface area contributed by atoms with Gasteiger partial charge >= 0.3 is 19.9 Å². The second kappa shape index (κ2) is 4.93. The van der Waals surface area contributed by atoms with Gasteiger partial charge in [0.1, 0.15) is 0 Å². The van der Waals surface area contributed by atoms with E-state index in [4.69, 9.17) is 9.79 Å². The van der Waals surface area contributed by atoms with Gasteiger partial charge in [0.25, 0.3) is 0 Å². The van der Waals surface area contributed by atoms with Crippen LogP contribution in [0.25, 0.3) is 0 Å². The SMILES string of the molecule is O=P(O)(O)CC(CC(F)(F)F)CC(F)(F)F. The molecule has 0 rings (SSSR count).